The van der Waals surface area contributed by atoms with Crippen molar-refractivity contribution in [1.82, 2.24) is 0 Å². The van der Waals surface area contributed by atoms with E-state index in [4.69, 9.17) is 28.4 Å². The van der Waals surface area contributed by atoms with E-state index in [-0.39, 0.29) is 6.61 Å². The lowest BCUT2D eigenvalue weighted by atomic mass is 9.94. The van der Waals surface area contributed by atoms with Crippen LogP contribution in [0.4, 0.5) is 0 Å². The van der Waals surface area contributed by atoms with Crippen LogP contribution in [0.1, 0.15) is 22.3 Å². The Bertz CT molecular complexity index is 1550. The number of ether oxygens (including phenoxy) is 6. The van der Waals surface area contributed by atoms with Gasteiger partial charge < -0.3 is 28.4 Å². The number of benzene rings is 5. The smallest absolute Gasteiger partial charge is 0.121 e. The molecule has 0 N–H and O–H groups in total. The van der Waals surface area contributed by atoms with Crippen LogP contribution >= 0.6 is 0 Å². The van der Waals surface area contributed by atoms with Crippen LogP contribution in [-0.4, -0.2) is 43.7 Å². The Morgan fingerprint density at radius 2 is 0.745 bits per heavy atom. The molecule has 6 rings (SSSR count). The highest BCUT2D eigenvalue weighted by molar-refractivity contribution is 5.21. The largest absolute Gasteiger partial charge is 0.491 e. The highest BCUT2D eigenvalue weighted by Gasteiger charge is 2.48. The highest BCUT2D eigenvalue weighted by Crippen LogP contribution is 2.31. The van der Waals surface area contributed by atoms with Gasteiger partial charge >= 0.3 is 0 Å². The van der Waals surface area contributed by atoms with Gasteiger partial charge in [0.05, 0.1) is 33.0 Å². The normalized spacial score (nSPS) is 20.9. The van der Waals surface area contributed by atoms with Gasteiger partial charge in [-0.3, -0.25) is 0 Å². The van der Waals surface area contributed by atoms with Crippen molar-refractivity contribution in [3.8, 4) is 5.75 Å². The van der Waals surface area contributed by atoms with Crippen molar-refractivity contribution >= 4 is 0 Å². The van der Waals surface area contributed by atoms with Crippen LogP contribution in [0.3, 0.4) is 0 Å². The Morgan fingerprint density at radius 1 is 0.383 bits per heavy atom. The zero-order valence-electron chi connectivity index (χ0n) is 26.5. The van der Waals surface area contributed by atoms with Gasteiger partial charge in [-0.1, -0.05) is 140 Å². The fraction of sp³-hybridized carbons (Fsp3) is 0.268. The van der Waals surface area contributed by atoms with Gasteiger partial charge in [-0.2, -0.15) is 0 Å². The van der Waals surface area contributed by atoms with Crippen LogP contribution in [-0.2, 0) is 50.1 Å². The van der Waals surface area contributed by atoms with Crippen molar-refractivity contribution in [1.29, 1.82) is 0 Å². The molecule has 0 radical (unpaired) electrons. The number of hydrogen-bond donors (Lipinski definition) is 0. The fourth-order valence-corrected chi connectivity index (χ4v) is 5.71. The zero-order valence-corrected chi connectivity index (χ0v) is 26.5. The van der Waals surface area contributed by atoms with E-state index in [0.29, 0.717) is 33.0 Å². The summed E-state index contributed by atoms with van der Waals surface area (Å²) < 4.78 is 39.7. The summed E-state index contributed by atoms with van der Waals surface area (Å²) in [6.07, 6.45) is -2.35. The SMILES string of the molecule is c1ccc(COC[C@H]2O[C@@H](COc3ccccc3)[C@H](OCc3ccccc3)[C@@H](OCc3ccccc3)[C@@H]2OCc2ccccc2)cc1. The van der Waals surface area contributed by atoms with Crippen molar-refractivity contribution in [2.45, 2.75) is 56.9 Å². The number of hydrogen-bond acceptors (Lipinski definition) is 6. The Hall–Kier alpha value is -4.30. The quantitative estimate of drug-likeness (QED) is 0.111. The van der Waals surface area contributed by atoms with Crippen molar-refractivity contribution < 1.29 is 28.4 Å². The van der Waals surface area contributed by atoms with Gasteiger partial charge in [0.2, 0.25) is 0 Å². The molecule has 0 bridgehead atoms. The molecular weight excluding hydrogens is 588 g/mol. The first-order valence-corrected chi connectivity index (χ1v) is 16.2. The molecule has 0 aliphatic carbocycles. The van der Waals surface area contributed by atoms with E-state index in [2.05, 4.69) is 48.5 Å². The Morgan fingerprint density at radius 3 is 1.19 bits per heavy atom. The summed E-state index contributed by atoms with van der Waals surface area (Å²) in [5.41, 5.74) is 4.29. The van der Waals surface area contributed by atoms with Crippen molar-refractivity contribution in [3.05, 3.63) is 174 Å². The van der Waals surface area contributed by atoms with Gasteiger partial charge in [0.1, 0.15) is 42.9 Å². The van der Waals surface area contributed by atoms with E-state index in [0.717, 1.165) is 28.0 Å². The summed E-state index contributed by atoms with van der Waals surface area (Å²) in [7, 11) is 0. The minimum Gasteiger partial charge on any atom is -0.491 e. The Kier molecular flexibility index (Phi) is 12.2. The first kappa shape index (κ1) is 32.6. The monoisotopic (exact) mass is 630 g/mol. The van der Waals surface area contributed by atoms with Crippen LogP contribution in [0, 0.1) is 0 Å². The molecule has 5 aromatic carbocycles. The van der Waals surface area contributed by atoms with Gasteiger partial charge in [-0.15, -0.1) is 0 Å². The number of rotatable bonds is 16. The lowest BCUT2D eigenvalue weighted by molar-refractivity contribution is -0.276. The molecule has 0 saturated carbocycles. The summed E-state index contributed by atoms with van der Waals surface area (Å²) in [6, 6.07) is 50.4. The second kappa shape index (κ2) is 17.6. The molecule has 0 aromatic heterocycles. The summed E-state index contributed by atoms with van der Waals surface area (Å²) in [5, 5.41) is 0. The van der Waals surface area contributed by atoms with Crippen LogP contribution in [0.5, 0.6) is 5.75 Å². The molecule has 1 aliphatic heterocycles. The van der Waals surface area contributed by atoms with E-state index in [9.17, 15) is 0 Å². The van der Waals surface area contributed by atoms with Gasteiger partial charge in [0, 0.05) is 0 Å². The summed E-state index contributed by atoms with van der Waals surface area (Å²) in [4.78, 5) is 0. The summed E-state index contributed by atoms with van der Waals surface area (Å²) in [5.74, 6) is 0.763. The third kappa shape index (κ3) is 9.85. The van der Waals surface area contributed by atoms with Crippen molar-refractivity contribution in [2.75, 3.05) is 13.2 Å². The lowest BCUT2D eigenvalue weighted by Gasteiger charge is -2.46. The van der Waals surface area contributed by atoms with E-state index < -0.39 is 30.5 Å². The fourth-order valence-electron chi connectivity index (χ4n) is 5.71. The first-order valence-electron chi connectivity index (χ1n) is 16.2. The molecule has 0 spiro atoms. The average Bonchev–Trinajstić information content (AvgIpc) is 3.14. The predicted molar refractivity (Wildman–Crippen MR) is 182 cm³/mol. The molecule has 5 aromatic rings. The topological polar surface area (TPSA) is 55.4 Å². The standard InChI is InChI=1S/C41H42O6/c1-6-16-32(17-7-1)26-42-30-37-39(44-27-33-18-8-2-9-19-33)41(46-29-35-22-12-4-13-23-35)40(45-28-34-20-10-3-11-21-34)38(47-37)31-43-36-24-14-5-15-25-36/h1-25,37-41H,26-31H2/t37-,38+,39-,40+,41+/m1/s1. The van der Waals surface area contributed by atoms with Crippen LogP contribution < -0.4 is 4.74 Å². The molecule has 0 unspecified atom stereocenters. The van der Waals surface area contributed by atoms with Crippen LogP contribution in [0.15, 0.2) is 152 Å². The van der Waals surface area contributed by atoms with Gasteiger partial charge in [0.15, 0.2) is 0 Å². The molecule has 1 saturated heterocycles. The molecule has 47 heavy (non-hydrogen) atoms. The first-order chi connectivity index (χ1) is 23.3. The van der Waals surface area contributed by atoms with E-state index in [1.165, 1.54) is 0 Å². The van der Waals surface area contributed by atoms with Gasteiger partial charge in [-0.05, 0) is 34.4 Å². The summed E-state index contributed by atoms with van der Waals surface area (Å²) in [6.45, 7) is 2.23. The molecule has 1 aliphatic rings. The molecule has 6 heteroatoms. The molecule has 5 atom stereocenters. The van der Waals surface area contributed by atoms with Gasteiger partial charge in [0.25, 0.3) is 0 Å². The maximum atomic E-state index is 6.85. The molecule has 1 fully saturated rings. The van der Waals surface area contributed by atoms with Crippen LogP contribution in [0.25, 0.3) is 0 Å². The molecule has 1 heterocycles. The van der Waals surface area contributed by atoms with Crippen molar-refractivity contribution in [2.24, 2.45) is 0 Å². The highest BCUT2D eigenvalue weighted by atomic mass is 16.6. The second-order valence-electron chi connectivity index (χ2n) is 11.6. The maximum absolute atomic E-state index is 6.85. The van der Waals surface area contributed by atoms with Crippen molar-refractivity contribution in [3.63, 3.8) is 0 Å². The third-order valence-corrected chi connectivity index (χ3v) is 8.14. The Balaban J connectivity index is 1.29. The van der Waals surface area contributed by atoms with Crippen LogP contribution in [0.2, 0.25) is 0 Å². The number of para-hydroxylation sites is 1. The molecule has 242 valence electrons. The third-order valence-electron chi connectivity index (χ3n) is 8.14. The molecular formula is C41H42O6. The molecule has 6 nitrogen and oxygen atoms in total. The average molecular weight is 631 g/mol. The van der Waals surface area contributed by atoms with E-state index >= 15 is 0 Å². The van der Waals surface area contributed by atoms with E-state index in [1.54, 1.807) is 0 Å². The predicted octanol–water partition coefficient (Wildman–Crippen LogP) is 7.81. The zero-order chi connectivity index (χ0) is 31.9. The summed E-state index contributed by atoms with van der Waals surface area (Å²) >= 11 is 0. The van der Waals surface area contributed by atoms with Gasteiger partial charge in [-0.25, -0.2) is 0 Å². The second-order valence-corrected chi connectivity index (χ2v) is 11.6. The minimum atomic E-state index is -0.492. The van der Waals surface area contributed by atoms with E-state index in [1.807, 2.05) is 103 Å². The minimum absolute atomic E-state index is 0.273. The molecule has 0 amide bonds. The Labute approximate surface area is 277 Å². The lowest BCUT2D eigenvalue weighted by Crippen LogP contribution is -2.62. The maximum Gasteiger partial charge on any atom is 0.121 e.